The molecule has 0 radical (unpaired) electrons. The van der Waals surface area contributed by atoms with Gasteiger partial charge in [-0.1, -0.05) is 37.3 Å². The van der Waals surface area contributed by atoms with E-state index in [1.165, 1.54) is 0 Å². The maximum atomic E-state index is 13.6. The van der Waals surface area contributed by atoms with Crippen molar-refractivity contribution in [3.8, 4) is 11.5 Å². The van der Waals surface area contributed by atoms with Crippen LogP contribution in [0.3, 0.4) is 0 Å². The standard InChI is InChI=1S/C28H32N2O5/c1-28(17-33-18-28)19-35-26-14-20(9-12-25(26)32-2)15-30(16-22-7-5-13-34-22)27(31)24-11-10-21-6-3-4-8-23(21)29-24/h3-4,6,8-12,14,22H,5,7,13,15-19H2,1-2H3. The van der Waals surface area contributed by atoms with Gasteiger partial charge in [-0.25, -0.2) is 4.98 Å². The van der Waals surface area contributed by atoms with Gasteiger partial charge >= 0.3 is 0 Å². The molecule has 184 valence electrons. The lowest BCUT2D eigenvalue weighted by atomic mass is 9.90. The molecule has 0 aliphatic carbocycles. The van der Waals surface area contributed by atoms with Crippen molar-refractivity contribution in [2.24, 2.45) is 5.41 Å². The van der Waals surface area contributed by atoms with E-state index in [1.54, 1.807) is 13.2 Å². The van der Waals surface area contributed by atoms with Crippen LogP contribution in [0.4, 0.5) is 0 Å². The summed E-state index contributed by atoms with van der Waals surface area (Å²) in [6.45, 7) is 5.76. The molecule has 0 spiro atoms. The summed E-state index contributed by atoms with van der Waals surface area (Å²) in [6.07, 6.45) is 2.00. The van der Waals surface area contributed by atoms with E-state index in [0.717, 1.165) is 35.9 Å². The van der Waals surface area contributed by atoms with E-state index in [4.69, 9.17) is 18.9 Å². The van der Waals surface area contributed by atoms with Gasteiger partial charge < -0.3 is 23.8 Å². The third-order valence-corrected chi connectivity index (χ3v) is 6.63. The van der Waals surface area contributed by atoms with E-state index in [1.807, 2.05) is 53.4 Å². The molecule has 1 atom stereocenters. The predicted octanol–water partition coefficient (Wildman–Crippen LogP) is 4.48. The summed E-state index contributed by atoms with van der Waals surface area (Å²) in [7, 11) is 1.63. The minimum absolute atomic E-state index is 0.0184. The van der Waals surface area contributed by atoms with Crippen LogP contribution in [0.2, 0.25) is 0 Å². The SMILES string of the molecule is COc1ccc(CN(CC2CCCO2)C(=O)c2ccc3ccccc3n2)cc1OCC1(C)COC1. The fourth-order valence-corrected chi connectivity index (χ4v) is 4.54. The number of para-hydroxylation sites is 1. The number of methoxy groups -OCH3 is 1. The number of hydrogen-bond donors (Lipinski definition) is 0. The summed E-state index contributed by atoms with van der Waals surface area (Å²) >= 11 is 0. The molecule has 2 fully saturated rings. The van der Waals surface area contributed by atoms with Gasteiger partial charge in [0.15, 0.2) is 11.5 Å². The molecule has 2 aliphatic rings. The average molecular weight is 477 g/mol. The Bertz CT molecular complexity index is 1190. The van der Waals surface area contributed by atoms with Gasteiger partial charge in [0.25, 0.3) is 5.91 Å². The molecular weight excluding hydrogens is 444 g/mol. The molecule has 0 saturated carbocycles. The highest BCUT2D eigenvalue weighted by molar-refractivity contribution is 5.95. The number of hydrogen-bond acceptors (Lipinski definition) is 6. The van der Waals surface area contributed by atoms with E-state index in [9.17, 15) is 4.79 Å². The Kier molecular flexibility index (Phi) is 6.88. The van der Waals surface area contributed by atoms with Crippen LogP contribution in [0.1, 0.15) is 35.8 Å². The average Bonchev–Trinajstić information content (AvgIpc) is 3.38. The number of ether oxygens (including phenoxy) is 4. The Morgan fingerprint density at radius 3 is 2.74 bits per heavy atom. The minimum Gasteiger partial charge on any atom is -0.493 e. The van der Waals surface area contributed by atoms with Crippen LogP contribution >= 0.6 is 0 Å². The van der Waals surface area contributed by atoms with Crippen molar-refractivity contribution < 1.29 is 23.7 Å². The van der Waals surface area contributed by atoms with E-state index in [0.29, 0.717) is 50.1 Å². The number of amides is 1. The van der Waals surface area contributed by atoms with Crippen molar-refractivity contribution in [2.45, 2.75) is 32.4 Å². The molecule has 0 bridgehead atoms. The molecule has 3 heterocycles. The summed E-state index contributed by atoms with van der Waals surface area (Å²) in [6, 6.07) is 17.4. The third kappa shape index (κ3) is 5.41. The van der Waals surface area contributed by atoms with E-state index < -0.39 is 0 Å². The quantitative estimate of drug-likeness (QED) is 0.454. The minimum atomic E-state index is -0.108. The van der Waals surface area contributed by atoms with Crippen molar-refractivity contribution in [1.82, 2.24) is 9.88 Å². The first-order valence-corrected chi connectivity index (χ1v) is 12.2. The largest absolute Gasteiger partial charge is 0.493 e. The highest BCUT2D eigenvalue weighted by atomic mass is 16.5. The molecular formula is C28H32N2O5. The Hall–Kier alpha value is -3.16. The van der Waals surface area contributed by atoms with Crippen LogP contribution in [-0.2, 0) is 16.0 Å². The second-order valence-electron chi connectivity index (χ2n) is 9.79. The smallest absolute Gasteiger partial charge is 0.272 e. The van der Waals surface area contributed by atoms with Gasteiger partial charge in [-0.3, -0.25) is 4.79 Å². The number of pyridine rings is 1. The van der Waals surface area contributed by atoms with E-state index in [-0.39, 0.29) is 17.4 Å². The fraction of sp³-hybridized carbons (Fsp3) is 0.429. The fourth-order valence-electron chi connectivity index (χ4n) is 4.54. The van der Waals surface area contributed by atoms with Crippen LogP contribution in [0.5, 0.6) is 11.5 Å². The number of carbonyl (C=O) groups excluding carboxylic acids is 1. The molecule has 3 aromatic rings. The number of carbonyl (C=O) groups is 1. The number of benzene rings is 2. The Labute approximate surface area is 205 Å². The van der Waals surface area contributed by atoms with Crippen molar-refractivity contribution in [3.05, 3.63) is 65.9 Å². The Morgan fingerprint density at radius 2 is 2.00 bits per heavy atom. The van der Waals surface area contributed by atoms with Gasteiger partial charge in [0.1, 0.15) is 5.69 Å². The van der Waals surface area contributed by atoms with Crippen LogP contribution in [0.15, 0.2) is 54.6 Å². The highest BCUT2D eigenvalue weighted by Gasteiger charge is 2.34. The molecule has 35 heavy (non-hydrogen) atoms. The van der Waals surface area contributed by atoms with Crippen LogP contribution < -0.4 is 9.47 Å². The van der Waals surface area contributed by atoms with E-state index >= 15 is 0 Å². The first-order valence-electron chi connectivity index (χ1n) is 12.2. The lowest BCUT2D eigenvalue weighted by Crippen LogP contribution is -2.44. The van der Waals surface area contributed by atoms with Crippen LogP contribution in [0, 0.1) is 5.41 Å². The lowest BCUT2D eigenvalue weighted by molar-refractivity contribution is -0.120. The molecule has 2 saturated heterocycles. The van der Waals surface area contributed by atoms with E-state index in [2.05, 4.69) is 11.9 Å². The molecule has 7 heteroatoms. The lowest BCUT2D eigenvalue weighted by Gasteiger charge is -2.37. The predicted molar refractivity (Wildman–Crippen MR) is 133 cm³/mol. The van der Waals surface area contributed by atoms with Gasteiger partial charge in [-0.15, -0.1) is 0 Å². The van der Waals surface area contributed by atoms with Gasteiger partial charge in [0.2, 0.25) is 0 Å². The van der Waals surface area contributed by atoms with Crippen molar-refractivity contribution in [2.75, 3.05) is 40.1 Å². The number of aromatic nitrogens is 1. The zero-order valence-electron chi connectivity index (χ0n) is 20.4. The van der Waals surface area contributed by atoms with Gasteiger partial charge in [-0.2, -0.15) is 0 Å². The van der Waals surface area contributed by atoms with Crippen molar-refractivity contribution in [1.29, 1.82) is 0 Å². The van der Waals surface area contributed by atoms with Crippen LogP contribution in [-0.4, -0.2) is 62.0 Å². The molecule has 5 rings (SSSR count). The number of rotatable bonds is 9. The second kappa shape index (κ2) is 10.2. The normalized spacial score (nSPS) is 18.7. The number of fused-ring (bicyclic) bond motifs is 1. The maximum Gasteiger partial charge on any atom is 0.272 e. The Balaban J connectivity index is 1.38. The maximum absolute atomic E-state index is 13.6. The first kappa shape index (κ1) is 23.6. The Morgan fingerprint density at radius 1 is 1.14 bits per heavy atom. The van der Waals surface area contributed by atoms with Crippen molar-refractivity contribution >= 4 is 16.8 Å². The molecule has 1 aromatic heterocycles. The van der Waals surface area contributed by atoms with Crippen LogP contribution in [0.25, 0.3) is 10.9 Å². The second-order valence-corrected chi connectivity index (χ2v) is 9.79. The van der Waals surface area contributed by atoms with Gasteiger partial charge in [0, 0.05) is 30.5 Å². The zero-order valence-corrected chi connectivity index (χ0v) is 20.4. The topological polar surface area (TPSA) is 70.1 Å². The van der Waals surface area contributed by atoms with Gasteiger partial charge in [-0.05, 0) is 42.7 Å². The summed E-state index contributed by atoms with van der Waals surface area (Å²) in [5, 5.41) is 1.01. The molecule has 1 amide bonds. The summed E-state index contributed by atoms with van der Waals surface area (Å²) in [5.41, 5.74) is 2.22. The first-order chi connectivity index (χ1) is 17.0. The molecule has 0 N–H and O–H groups in total. The molecule has 2 aliphatic heterocycles. The summed E-state index contributed by atoms with van der Waals surface area (Å²) < 4.78 is 22.9. The summed E-state index contributed by atoms with van der Waals surface area (Å²) in [5.74, 6) is 1.24. The van der Waals surface area contributed by atoms with Crippen molar-refractivity contribution in [3.63, 3.8) is 0 Å². The summed E-state index contributed by atoms with van der Waals surface area (Å²) in [4.78, 5) is 20.1. The molecule has 1 unspecified atom stereocenters. The zero-order chi connectivity index (χ0) is 24.3. The van der Waals surface area contributed by atoms with Gasteiger partial charge in [0.05, 0.1) is 38.6 Å². The number of nitrogens with zero attached hydrogens (tertiary/aromatic N) is 2. The monoisotopic (exact) mass is 476 g/mol. The molecule has 2 aromatic carbocycles. The molecule has 7 nitrogen and oxygen atoms in total. The third-order valence-electron chi connectivity index (χ3n) is 6.63. The highest BCUT2D eigenvalue weighted by Crippen LogP contribution is 2.33.